The van der Waals surface area contributed by atoms with Crippen LogP contribution in [0.5, 0.6) is 0 Å². The summed E-state index contributed by atoms with van der Waals surface area (Å²) in [6.45, 7) is 0. The Morgan fingerprint density at radius 2 is 1.75 bits per heavy atom. The third-order valence-electron chi connectivity index (χ3n) is 3.34. The van der Waals surface area contributed by atoms with Crippen LogP contribution in [-0.4, -0.2) is 10.1 Å². The molecular formula is C17H12N2O. The van der Waals surface area contributed by atoms with Crippen molar-refractivity contribution in [3.8, 4) is 6.07 Å². The third-order valence-corrected chi connectivity index (χ3v) is 3.34. The zero-order valence-corrected chi connectivity index (χ0v) is 10.7. The van der Waals surface area contributed by atoms with Crippen LogP contribution >= 0.6 is 0 Å². The third kappa shape index (κ3) is 2.03. The van der Waals surface area contributed by atoms with Crippen molar-refractivity contribution in [3.05, 3.63) is 77.6 Å². The second-order valence-electron chi connectivity index (χ2n) is 4.52. The molecule has 1 heterocycles. The molecule has 2 aromatic carbocycles. The molecule has 0 bridgehead atoms. The van der Waals surface area contributed by atoms with E-state index in [1.165, 1.54) is 0 Å². The van der Waals surface area contributed by atoms with Crippen LogP contribution < -0.4 is 0 Å². The van der Waals surface area contributed by atoms with E-state index in [4.69, 9.17) is 5.26 Å². The van der Waals surface area contributed by atoms with E-state index in [1.54, 1.807) is 24.4 Å². The van der Waals surface area contributed by atoms with E-state index in [1.807, 2.05) is 36.4 Å². The molecule has 0 aliphatic heterocycles. The summed E-state index contributed by atoms with van der Waals surface area (Å²) in [7, 11) is 0. The molecule has 1 unspecified atom stereocenters. The molecule has 3 heteroatoms. The molecule has 1 aromatic heterocycles. The fraction of sp³-hybridized carbons (Fsp3) is 0.0588. The molecule has 0 saturated carbocycles. The van der Waals surface area contributed by atoms with Gasteiger partial charge >= 0.3 is 0 Å². The average molecular weight is 260 g/mol. The first-order chi connectivity index (χ1) is 9.81. The lowest BCUT2D eigenvalue weighted by Gasteiger charge is -2.14. The van der Waals surface area contributed by atoms with Gasteiger partial charge in [-0.2, -0.15) is 5.26 Å². The van der Waals surface area contributed by atoms with E-state index < -0.39 is 6.10 Å². The molecule has 20 heavy (non-hydrogen) atoms. The number of aromatic nitrogens is 1. The maximum atomic E-state index is 10.6. The molecule has 0 aliphatic carbocycles. The SMILES string of the molecule is N#Cc1ccccc1C(O)c1nccc2ccccc12. The van der Waals surface area contributed by atoms with Gasteiger partial charge in [0.2, 0.25) is 0 Å². The molecule has 3 rings (SSSR count). The van der Waals surface area contributed by atoms with Crippen molar-refractivity contribution < 1.29 is 5.11 Å². The topological polar surface area (TPSA) is 56.9 Å². The number of rotatable bonds is 2. The monoisotopic (exact) mass is 260 g/mol. The van der Waals surface area contributed by atoms with E-state index in [0.29, 0.717) is 16.8 Å². The summed E-state index contributed by atoms with van der Waals surface area (Å²) >= 11 is 0. The average Bonchev–Trinajstić information content (AvgIpc) is 2.53. The highest BCUT2D eigenvalue weighted by Gasteiger charge is 2.17. The van der Waals surface area contributed by atoms with Gasteiger partial charge in [0.15, 0.2) is 0 Å². The Morgan fingerprint density at radius 3 is 2.60 bits per heavy atom. The number of hydrogen-bond donors (Lipinski definition) is 1. The molecule has 96 valence electrons. The zero-order valence-electron chi connectivity index (χ0n) is 10.7. The van der Waals surface area contributed by atoms with E-state index in [-0.39, 0.29) is 0 Å². The largest absolute Gasteiger partial charge is 0.382 e. The van der Waals surface area contributed by atoms with Gasteiger partial charge in [-0.3, -0.25) is 4.98 Å². The van der Waals surface area contributed by atoms with Gasteiger partial charge in [-0.1, -0.05) is 42.5 Å². The van der Waals surface area contributed by atoms with Crippen molar-refractivity contribution in [1.82, 2.24) is 4.98 Å². The van der Waals surface area contributed by atoms with Gasteiger partial charge in [0.1, 0.15) is 6.10 Å². The van der Waals surface area contributed by atoms with Crippen LogP contribution in [0, 0.1) is 11.3 Å². The summed E-state index contributed by atoms with van der Waals surface area (Å²) in [5, 5.41) is 21.7. The van der Waals surface area contributed by atoms with Gasteiger partial charge in [-0.15, -0.1) is 0 Å². The van der Waals surface area contributed by atoms with E-state index in [2.05, 4.69) is 11.1 Å². The highest BCUT2D eigenvalue weighted by molar-refractivity contribution is 5.85. The van der Waals surface area contributed by atoms with Crippen molar-refractivity contribution in [2.24, 2.45) is 0 Å². The number of benzene rings is 2. The molecule has 1 atom stereocenters. The van der Waals surface area contributed by atoms with Crippen LogP contribution in [0.25, 0.3) is 10.8 Å². The maximum Gasteiger partial charge on any atom is 0.123 e. The number of nitriles is 1. The predicted octanol–water partition coefficient (Wildman–Crippen LogP) is 3.19. The first-order valence-electron chi connectivity index (χ1n) is 6.32. The minimum absolute atomic E-state index is 0.467. The lowest BCUT2D eigenvalue weighted by molar-refractivity contribution is 0.217. The summed E-state index contributed by atoms with van der Waals surface area (Å²) in [5.41, 5.74) is 1.62. The predicted molar refractivity (Wildman–Crippen MR) is 77.0 cm³/mol. The normalized spacial score (nSPS) is 12.0. The van der Waals surface area contributed by atoms with Crippen LogP contribution in [0.2, 0.25) is 0 Å². The van der Waals surface area contributed by atoms with Gasteiger partial charge in [-0.25, -0.2) is 0 Å². The Balaban J connectivity index is 2.18. The molecule has 0 spiro atoms. The van der Waals surface area contributed by atoms with Crippen LogP contribution in [0.3, 0.4) is 0 Å². The summed E-state index contributed by atoms with van der Waals surface area (Å²) in [5.74, 6) is 0. The molecule has 3 aromatic rings. The van der Waals surface area contributed by atoms with Gasteiger partial charge in [-0.05, 0) is 17.5 Å². The van der Waals surface area contributed by atoms with E-state index in [0.717, 1.165) is 10.8 Å². The summed E-state index contributed by atoms with van der Waals surface area (Å²) in [6, 6.07) is 18.8. The van der Waals surface area contributed by atoms with Crippen molar-refractivity contribution in [1.29, 1.82) is 5.26 Å². The molecule has 0 saturated heterocycles. The van der Waals surface area contributed by atoms with E-state index >= 15 is 0 Å². The van der Waals surface area contributed by atoms with Gasteiger partial charge in [0, 0.05) is 17.1 Å². The fourth-order valence-corrected chi connectivity index (χ4v) is 2.35. The second-order valence-corrected chi connectivity index (χ2v) is 4.52. The highest BCUT2D eigenvalue weighted by atomic mass is 16.3. The molecule has 0 aliphatic rings. The summed E-state index contributed by atoms with van der Waals surface area (Å²) < 4.78 is 0. The smallest absolute Gasteiger partial charge is 0.123 e. The standard InChI is InChI=1S/C17H12N2O/c18-11-13-6-2-4-8-15(13)17(20)16-14-7-3-1-5-12(14)9-10-19-16/h1-10,17,20H. The van der Waals surface area contributed by atoms with Crippen molar-refractivity contribution in [3.63, 3.8) is 0 Å². The Hall–Kier alpha value is -2.70. The van der Waals surface area contributed by atoms with Crippen molar-refractivity contribution >= 4 is 10.8 Å². The second kappa shape index (κ2) is 5.12. The van der Waals surface area contributed by atoms with Crippen LogP contribution in [-0.2, 0) is 0 Å². The lowest BCUT2D eigenvalue weighted by atomic mass is 9.97. The van der Waals surface area contributed by atoms with Gasteiger partial charge < -0.3 is 5.11 Å². The number of hydrogen-bond acceptors (Lipinski definition) is 3. The first-order valence-corrected chi connectivity index (χ1v) is 6.32. The first kappa shape index (κ1) is 12.3. The molecule has 0 fully saturated rings. The van der Waals surface area contributed by atoms with E-state index in [9.17, 15) is 5.11 Å². The summed E-state index contributed by atoms with van der Waals surface area (Å²) in [6.07, 6.45) is 0.771. The van der Waals surface area contributed by atoms with Crippen LogP contribution in [0.4, 0.5) is 0 Å². The fourth-order valence-electron chi connectivity index (χ4n) is 2.35. The number of nitrogens with zero attached hydrogens (tertiary/aromatic N) is 2. The van der Waals surface area contributed by atoms with Crippen LogP contribution in [0.1, 0.15) is 22.9 Å². The number of pyridine rings is 1. The maximum absolute atomic E-state index is 10.6. The zero-order chi connectivity index (χ0) is 13.9. The van der Waals surface area contributed by atoms with Crippen LogP contribution in [0.15, 0.2) is 60.8 Å². The van der Waals surface area contributed by atoms with Crippen molar-refractivity contribution in [2.75, 3.05) is 0 Å². The lowest BCUT2D eigenvalue weighted by Crippen LogP contribution is -2.05. The number of aliphatic hydroxyl groups is 1. The number of fused-ring (bicyclic) bond motifs is 1. The summed E-state index contributed by atoms with van der Waals surface area (Å²) in [4.78, 5) is 4.30. The molecular weight excluding hydrogens is 248 g/mol. The molecule has 1 N–H and O–H groups in total. The minimum atomic E-state index is -0.906. The Morgan fingerprint density at radius 1 is 1.00 bits per heavy atom. The Kier molecular flexibility index (Phi) is 3.16. The Labute approximate surface area is 116 Å². The van der Waals surface area contributed by atoms with Gasteiger partial charge in [0.25, 0.3) is 0 Å². The minimum Gasteiger partial charge on any atom is -0.382 e. The Bertz CT molecular complexity index is 800. The molecule has 0 radical (unpaired) electrons. The number of aliphatic hydroxyl groups excluding tert-OH is 1. The van der Waals surface area contributed by atoms with Gasteiger partial charge in [0.05, 0.1) is 17.3 Å². The molecule has 0 amide bonds. The molecule has 3 nitrogen and oxygen atoms in total. The van der Waals surface area contributed by atoms with Crippen molar-refractivity contribution in [2.45, 2.75) is 6.10 Å². The highest BCUT2D eigenvalue weighted by Crippen LogP contribution is 2.28. The quantitative estimate of drug-likeness (QED) is 0.769.